The fourth-order valence-corrected chi connectivity index (χ4v) is 3.48. The van der Waals surface area contributed by atoms with Crippen LogP contribution in [0.3, 0.4) is 0 Å². The molecule has 4 rings (SSSR count). The number of urea groups is 1. The lowest BCUT2D eigenvalue weighted by Crippen LogP contribution is -2.20. The van der Waals surface area contributed by atoms with Crippen molar-refractivity contribution in [3.8, 4) is 0 Å². The van der Waals surface area contributed by atoms with Crippen molar-refractivity contribution in [3.05, 3.63) is 48.4 Å². The van der Waals surface area contributed by atoms with E-state index in [0.717, 1.165) is 11.0 Å². The Kier molecular flexibility index (Phi) is 4.33. The molecule has 1 aliphatic rings. The number of rotatable bonds is 3. The lowest BCUT2D eigenvalue weighted by Gasteiger charge is -2.21. The molecule has 6 nitrogen and oxygen atoms in total. The highest BCUT2D eigenvalue weighted by atomic mass is 16.2. The highest BCUT2D eigenvalue weighted by molar-refractivity contribution is 6.04. The van der Waals surface area contributed by atoms with E-state index >= 15 is 0 Å². The zero-order valence-corrected chi connectivity index (χ0v) is 14.0. The summed E-state index contributed by atoms with van der Waals surface area (Å²) < 4.78 is 0. The Morgan fingerprint density at radius 3 is 2.76 bits per heavy atom. The first-order valence-electron chi connectivity index (χ1n) is 8.75. The number of hydrogen-bond acceptors (Lipinski definition) is 3. The van der Waals surface area contributed by atoms with Crippen LogP contribution < -0.4 is 10.6 Å². The molecule has 1 fully saturated rings. The monoisotopic (exact) mass is 335 g/mol. The highest BCUT2D eigenvalue weighted by Crippen LogP contribution is 2.32. The Balaban J connectivity index is 1.40. The zero-order chi connectivity index (χ0) is 17.1. The summed E-state index contributed by atoms with van der Waals surface area (Å²) in [4.78, 5) is 24.0. The quantitative estimate of drug-likeness (QED) is 0.651. The molecule has 0 aromatic carbocycles. The summed E-state index contributed by atoms with van der Waals surface area (Å²) in [5.41, 5.74) is 3.53. The van der Waals surface area contributed by atoms with Gasteiger partial charge in [0.15, 0.2) is 0 Å². The number of aromatic amines is 1. The maximum atomic E-state index is 12.2. The number of fused-ring (bicyclic) bond motifs is 1. The average molecular weight is 335 g/mol. The SMILES string of the molecule is O=C(Nc1ccc(C2CCCCC2)cn1)Nc1c[nH]c2cccnc12. The first kappa shape index (κ1) is 15.6. The molecule has 0 atom stereocenters. The van der Waals surface area contributed by atoms with Crippen LogP contribution in [0.15, 0.2) is 42.9 Å². The van der Waals surface area contributed by atoms with E-state index in [4.69, 9.17) is 0 Å². The Morgan fingerprint density at radius 2 is 1.96 bits per heavy atom. The second-order valence-electron chi connectivity index (χ2n) is 6.49. The minimum atomic E-state index is -0.329. The molecule has 0 spiro atoms. The van der Waals surface area contributed by atoms with Crippen molar-refractivity contribution in [1.29, 1.82) is 0 Å². The summed E-state index contributed by atoms with van der Waals surface area (Å²) in [7, 11) is 0. The topological polar surface area (TPSA) is 82.7 Å². The molecular weight excluding hydrogens is 314 g/mol. The number of anilines is 2. The van der Waals surface area contributed by atoms with Crippen LogP contribution in [0.4, 0.5) is 16.3 Å². The summed E-state index contributed by atoms with van der Waals surface area (Å²) in [5.74, 6) is 1.16. The molecule has 1 aliphatic carbocycles. The molecule has 0 aliphatic heterocycles. The van der Waals surface area contributed by atoms with Crippen molar-refractivity contribution in [2.24, 2.45) is 0 Å². The second kappa shape index (κ2) is 6.93. The van der Waals surface area contributed by atoms with Gasteiger partial charge in [0.2, 0.25) is 0 Å². The second-order valence-corrected chi connectivity index (χ2v) is 6.49. The Labute approximate surface area is 146 Å². The van der Waals surface area contributed by atoms with E-state index in [1.54, 1.807) is 12.4 Å². The molecule has 3 N–H and O–H groups in total. The molecule has 25 heavy (non-hydrogen) atoms. The molecule has 2 amide bonds. The molecule has 1 saturated carbocycles. The van der Waals surface area contributed by atoms with Gasteiger partial charge in [0.1, 0.15) is 11.3 Å². The number of pyridine rings is 2. The summed E-state index contributed by atoms with van der Waals surface area (Å²) in [6, 6.07) is 7.38. The van der Waals surface area contributed by atoms with E-state index in [1.165, 1.54) is 37.7 Å². The third-order valence-electron chi connectivity index (χ3n) is 4.79. The molecule has 3 heterocycles. The average Bonchev–Trinajstić information content (AvgIpc) is 3.06. The predicted octanol–water partition coefficient (Wildman–Crippen LogP) is 4.65. The summed E-state index contributed by atoms with van der Waals surface area (Å²) >= 11 is 0. The maximum absolute atomic E-state index is 12.2. The van der Waals surface area contributed by atoms with Gasteiger partial charge in [-0.3, -0.25) is 10.3 Å². The minimum absolute atomic E-state index is 0.329. The summed E-state index contributed by atoms with van der Waals surface area (Å²) in [5, 5.41) is 5.58. The largest absolute Gasteiger partial charge is 0.358 e. The number of nitrogens with zero attached hydrogens (tertiary/aromatic N) is 2. The lowest BCUT2D eigenvalue weighted by atomic mass is 9.85. The molecule has 0 saturated heterocycles. The van der Waals surface area contributed by atoms with Crippen LogP contribution in [-0.4, -0.2) is 21.0 Å². The predicted molar refractivity (Wildman–Crippen MR) is 98.8 cm³/mol. The van der Waals surface area contributed by atoms with Crippen LogP contribution in [0.5, 0.6) is 0 Å². The van der Waals surface area contributed by atoms with Crippen LogP contribution in [0, 0.1) is 0 Å². The van der Waals surface area contributed by atoms with Gasteiger partial charge < -0.3 is 10.3 Å². The van der Waals surface area contributed by atoms with Crippen molar-refractivity contribution in [3.63, 3.8) is 0 Å². The van der Waals surface area contributed by atoms with E-state index in [9.17, 15) is 4.79 Å². The standard InChI is InChI=1S/C19H21N5O/c25-19(23-16-12-21-15-7-4-10-20-18(15)16)24-17-9-8-14(11-22-17)13-5-2-1-3-6-13/h4,7-13,21H,1-3,5-6H2,(H2,22,23,24,25). The number of carbonyl (C=O) groups is 1. The fraction of sp³-hybridized carbons (Fsp3) is 0.316. The van der Waals surface area contributed by atoms with E-state index in [-0.39, 0.29) is 6.03 Å². The van der Waals surface area contributed by atoms with Gasteiger partial charge in [-0.25, -0.2) is 9.78 Å². The molecule has 128 valence electrons. The minimum Gasteiger partial charge on any atom is -0.358 e. The first-order chi connectivity index (χ1) is 12.3. The van der Waals surface area contributed by atoms with Crippen molar-refractivity contribution < 1.29 is 4.79 Å². The number of aromatic nitrogens is 3. The van der Waals surface area contributed by atoms with Gasteiger partial charge in [0.25, 0.3) is 0 Å². The van der Waals surface area contributed by atoms with Gasteiger partial charge in [-0.1, -0.05) is 25.3 Å². The van der Waals surface area contributed by atoms with Crippen LogP contribution in [0.2, 0.25) is 0 Å². The first-order valence-corrected chi connectivity index (χ1v) is 8.75. The summed E-state index contributed by atoms with van der Waals surface area (Å²) in [6.07, 6.45) is 11.7. The van der Waals surface area contributed by atoms with E-state index in [1.807, 2.05) is 24.4 Å². The van der Waals surface area contributed by atoms with Gasteiger partial charge in [-0.05, 0) is 42.5 Å². The molecule has 6 heteroatoms. The lowest BCUT2D eigenvalue weighted by molar-refractivity contribution is 0.262. The smallest absolute Gasteiger partial charge is 0.324 e. The van der Waals surface area contributed by atoms with Crippen molar-refractivity contribution >= 4 is 28.6 Å². The van der Waals surface area contributed by atoms with E-state index in [2.05, 4.69) is 31.7 Å². The van der Waals surface area contributed by atoms with E-state index < -0.39 is 0 Å². The Bertz CT molecular complexity index is 865. The molecular formula is C19H21N5O. The van der Waals surface area contributed by atoms with Gasteiger partial charge in [-0.2, -0.15) is 0 Å². The third-order valence-corrected chi connectivity index (χ3v) is 4.79. The highest BCUT2D eigenvalue weighted by Gasteiger charge is 2.16. The fourth-order valence-electron chi connectivity index (χ4n) is 3.48. The number of hydrogen-bond donors (Lipinski definition) is 3. The maximum Gasteiger partial charge on any atom is 0.324 e. The molecule has 0 unspecified atom stereocenters. The van der Waals surface area contributed by atoms with Crippen LogP contribution in [-0.2, 0) is 0 Å². The van der Waals surface area contributed by atoms with Crippen molar-refractivity contribution in [2.75, 3.05) is 10.6 Å². The van der Waals surface area contributed by atoms with Gasteiger partial charge in [-0.15, -0.1) is 0 Å². The van der Waals surface area contributed by atoms with Crippen LogP contribution in [0.25, 0.3) is 11.0 Å². The number of carbonyl (C=O) groups excluding carboxylic acids is 1. The Hall–Kier alpha value is -2.89. The summed E-state index contributed by atoms with van der Waals surface area (Å²) in [6.45, 7) is 0. The van der Waals surface area contributed by atoms with Crippen molar-refractivity contribution in [1.82, 2.24) is 15.0 Å². The normalized spacial score (nSPS) is 15.2. The third kappa shape index (κ3) is 3.47. The van der Waals surface area contributed by atoms with Gasteiger partial charge >= 0.3 is 6.03 Å². The molecule has 3 aromatic rings. The molecule has 0 radical (unpaired) electrons. The van der Waals surface area contributed by atoms with Crippen LogP contribution in [0.1, 0.15) is 43.6 Å². The van der Waals surface area contributed by atoms with Gasteiger partial charge in [0.05, 0.1) is 11.2 Å². The number of nitrogens with one attached hydrogen (secondary N) is 3. The van der Waals surface area contributed by atoms with Crippen LogP contribution >= 0.6 is 0 Å². The molecule has 0 bridgehead atoms. The van der Waals surface area contributed by atoms with E-state index in [0.29, 0.717) is 17.4 Å². The molecule has 3 aromatic heterocycles. The van der Waals surface area contributed by atoms with Crippen molar-refractivity contribution in [2.45, 2.75) is 38.0 Å². The van der Waals surface area contributed by atoms with Gasteiger partial charge in [0, 0.05) is 18.6 Å². The zero-order valence-electron chi connectivity index (χ0n) is 14.0. The Morgan fingerprint density at radius 1 is 1.08 bits per heavy atom. The number of H-pyrrole nitrogens is 1. The number of amides is 2.